The molecule has 1 atom stereocenters. The van der Waals surface area contributed by atoms with Crippen LogP contribution in [0.15, 0.2) is 18.3 Å². The van der Waals surface area contributed by atoms with Gasteiger partial charge in [-0.3, -0.25) is 4.98 Å². The van der Waals surface area contributed by atoms with Gasteiger partial charge in [0.25, 0.3) is 0 Å². The third-order valence-corrected chi connectivity index (χ3v) is 1.93. The van der Waals surface area contributed by atoms with E-state index < -0.39 is 30.4 Å². The molecule has 0 aliphatic heterocycles. The molecule has 0 saturated heterocycles. The lowest BCUT2D eigenvalue weighted by molar-refractivity contribution is -0.203. The van der Waals surface area contributed by atoms with Crippen LogP contribution >= 0.6 is 0 Å². The van der Waals surface area contributed by atoms with Crippen LogP contribution in [-0.2, 0) is 12.6 Å². The molecular weight excluding hydrogens is 252 g/mol. The van der Waals surface area contributed by atoms with E-state index in [9.17, 15) is 26.3 Å². The first-order valence-corrected chi connectivity index (χ1v) is 4.37. The van der Waals surface area contributed by atoms with E-state index in [4.69, 9.17) is 5.11 Å². The number of aliphatic hydroxyl groups is 1. The number of halogens is 6. The van der Waals surface area contributed by atoms with Gasteiger partial charge in [0.05, 0.1) is 5.56 Å². The van der Waals surface area contributed by atoms with Crippen molar-refractivity contribution < 1.29 is 31.4 Å². The largest absolute Gasteiger partial charge is 0.417 e. The van der Waals surface area contributed by atoms with Gasteiger partial charge in [0.1, 0.15) is 0 Å². The molecule has 0 amide bonds. The third-order valence-electron chi connectivity index (χ3n) is 1.93. The normalized spacial score (nSPS) is 14.8. The molecule has 0 spiro atoms. The summed E-state index contributed by atoms with van der Waals surface area (Å²) in [6.07, 6.45) is -12.5. The fourth-order valence-corrected chi connectivity index (χ4v) is 1.03. The molecule has 1 heterocycles. The van der Waals surface area contributed by atoms with Gasteiger partial charge in [-0.05, 0) is 12.1 Å². The Hall–Kier alpha value is -1.31. The maximum absolute atomic E-state index is 12.1. The maximum atomic E-state index is 12.1. The Morgan fingerprint density at radius 1 is 1.12 bits per heavy atom. The summed E-state index contributed by atoms with van der Waals surface area (Å²) in [7, 11) is 0. The lowest BCUT2D eigenvalue weighted by atomic mass is 10.1. The first-order valence-electron chi connectivity index (χ1n) is 4.37. The molecular formula is C9H7F6NO. The molecule has 17 heavy (non-hydrogen) atoms. The minimum Gasteiger partial charge on any atom is -0.383 e. The van der Waals surface area contributed by atoms with Gasteiger partial charge in [0, 0.05) is 18.3 Å². The van der Waals surface area contributed by atoms with Gasteiger partial charge in [0.15, 0.2) is 6.10 Å². The second-order valence-corrected chi connectivity index (χ2v) is 3.30. The minimum atomic E-state index is -4.82. The average Bonchev–Trinajstić information content (AvgIpc) is 2.15. The summed E-state index contributed by atoms with van der Waals surface area (Å²) in [4.78, 5) is 3.22. The number of rotatable bonds is 2. The fourth-order valence-electron chi connectivity index (χ4n) is 1.03. The molecule has 2 nitrogen and oxygen atoms in total. The summed E-state index contributed by atoms with van der Waals surface area (Å²) in [5.74, 6) is 0. The van der Waals surface area contributed by atoms with Gasteiger partial charge in [-0.1, -0.05) is 0 Å². The molecule has 0 bridgehead atoms. The number of alkyl halides is 6. The highest BCUT2D eigenvalue weighted by Crippen LogP contribution is 2.29. The van der Waals surface area contributed by atoms with Crippen molar-refractivity contribution in [2.75, 3.05) is 0 Å². The van der Waals surface area contributed by atoms with E-state index in [-0.39, 0.29) is 5.69 Å². The molecule has 1 unspecified atom stereocenters. The molecule has 0 fully saturated rings. The van der Waals surface area contributed by atoms with Crippen LogP contribution in [0.25, 0.3) is 0 Å². The van der Waals surface area contributed by atoms with Crippen LogP contribution < -0.4 is 0 Å². The van der Waals surface area contributed by atoms with Crippen LogP contribution in [0.1, 0.15) is 11.3 Å². The quantitative estimate of drug-likeness (QED) is 0.828. The van der Waals surface area contributed by atoms with E-state index in [2.05, 4.69) is 4.98 Å². The predicted octanol–water partition coefficient (Wildman–Crippen LogP) is 2.57. The zero-order valence-electron chi connectivity index (χ0n) is 8.18. The SMILES string of the molecule is OC(Cc1ccc(C(F)(F)F)cn1)C(F)(F)F. The van der Waals surface area contributed by atoms with Crippen molar-refractivity contribution in [3.63, 3.8) is 0 Å². The Bertz CT molecular complexity index is 369. The average molecular weight is 259 g/mol. The summed E-state index contributed by atoms with van der Waals surface area (Å²) in [6, 6.07) is 1.42. The van der Waals surface area contributed by atoms with Gasteiger partial charge in [0.2, 0.25) is 0 Å². The Morgan fingerprint density at radius 2 is 1.71 bits per heavy atom. The fraction of sp³-hybridized carbons (Fsp3) is 0.444. The number of pyridine rings is 1. The van der Waals surface area contributed by atoms with E-state index in [1.54, 1.807) is 0 Å². The highest BCUT2D eigenvalue weighted by atomic mass is 19.4. The Kier molecular flexibility index (Phi) is 3.65. The molecule has 96 valence electrons. The monoisotopic (exact) mass is 259 g/mol. The van der Waals surface area contributed by atoms with Crippen LogP contribution in [-0.4, -0.2) is 22.4 Å². The van der Waals surface area contributed by atoms with E-state index in [1.807, 2.05) is 0 Å². The van der Waals surface area contributed by atoms with Crippen molar-refractivity contribution >= 4 is 0 Å². The van der Waals surface area contributed by atoms with E-state index in [0.717, 1.165) is 6.07 Å². The van der Waals surface area contributed by atoms with Crippen LogP contribution in [0, 0.1) is 0 Å². The van der Waals surface area contributed by atoms with Crippen molar-refractivity contribution in [3.05, 3.63) is 29.6 Å². The second kappa shape index (κ2) is 4.52. The second-order valence-electron chi connectivity index (χ2n) is 3.30. The number of aliphatic hydroxyl groups excluding tert-OH is 1. The molecule has 1 N–H and O–H groups in total. The van der Waals surface area contributed by atoms with Crippen LogP contribution in [0.2, 0.25) is 0 Å². The maximum Gasteiger partial charge on any atom is 0.417 e. The highest BCUT2D eigenvalue weighted by molar-refractivity contribution is 5.17. The summed E-state index contributed by atoms with van der Waals surface area (Å²) >= 11 is 0. The lowest BCUT2D eigenvalue weighted by Crippen LogP contribution is -2.30. The van der Waals surface area contributed by atoms with Gasteiger partial charge >= 0.3 is 12.4 Å². The van der Waals surface area contributed by atoms with Gasteiger partial charge in [-0.15, -0.1) is 0 Å². The first-order chi connectivity index (χ1) is 7.60. The van der Waals surface area contributed by atoms with Crippen molar-refractivity contribution in [2.45, 2.75) is 24.9 Å². The molecule has 0 aromatic carbocycles. The highest BCUT2D eigenvalue weighted by Gasteiger charge is 2.38. The molecule has 0 radical (unpaired) electrons. The number of hydrogen-bond acceptors (Lipinski definition) is 2. The number of hydrogen-bond donors (Lipinski definition) is 1. The van der Waals surface area contributed by atoms with Gasteiger partial charge in [-0.25, -0.2) is 0 Å². The minimum absolute atomic E-state index is 0.261. The van der Waals surface area contributed by atoms with Gasteiger partial charge < -0.3 is 5.11 Å². The van der Waals surface area contributed by atoms with Crippen molar-refractivity contribution in [1.29, 1.82) is 0 Å². The Balaban J connectivity index is 2.76. The Labute approximate surface area is 91.9 Å². The summed E-state index contributed by atoms with van der Waals surface area (Å²) < 4.78 is 72.1. The molecule has 8 heteroatoms. The molecule has 0 aliphatic rings. The first kappa shape index (κ1) is 13.8. The third kappa shape index (κ3) is 3.88. The molecule has 1 aromatic heterocycles. The molecule has 1 aromatic rings. The van der Waals surface area contributed by atoms with Crippen LogP contribution in [0.3, 0.4) is 0 Å². The Morgan fingerprint density at radius 3 is 2.06 bits per heavy atom. The topological polar surface area (TPSA) is 33.1 Å². The molecule has 0 aliphatic carbocycles. The van der Waals surface area contributed by atoms with E-state index in [1.165, 1.54) is 0 Å². The van der Waals surface area contributed by atoms with Crippen LogP contribution in [0.4, 0.5) is 26.3 Å². The standard InChI is InChI=1S/C9H7F6NO/c10-8(11,12)5-1-2-6(16-4-5)3-7(17)9(13,14)15/h1-2,4,7,17H,3H2. The number of aromatic nitrogens is 1. The van der Waals surface area contributed by atoms with Gasteiger partial charge in [-0.2, -0.15) is 26.3 Å². The smallest absolute Gasteiger partial charge is 0.383 e. The van der Waals surface area contributed by atoms with Crippen molar-refractivity contribution in [2.24, 2.45) is 0 Å². The predicted molar refractivity (Wildman–Crippen MR) is 45.0 cm³/mol. The van der Waals surface area contributed by atoms with Crippen molar-refractivity contribution in [3.8, 4) is 0 Å². The summed E-state index contributed by atoms with van der Waals surface area (Å²) in [6.45, 7) is 0. The van der Waals surface area contributed by atoms with Crippen LogP contribution in [0.5, 0.6) is 0 Å². The number of nitrogens with zero attached hydrogens (tertiary/aromatic N) is 1. The van der Waals surface area contributed by atoms with Crippen molar-refractivity contribution in [1.82, 2.24) is 4.98 Å². The van der Waals surface area contributed by atoms with E-state index >= 15 is 0 Å². The molecule has 0 saturated carbocycles. The zero-order chi connectivity index (χ0) is 13.3. The summed E-state index contributed by atoms with van der Waals surface area (Å²) in [5, 5.41) is 8.68. The van der Waals surface area contributed by atoms with E-state index in [0.29, 0.717) is 12.3 Å². The summed E-state index contributed by atoms with van der Waals surface area (Å²) in [5.41, 5.74) is -1.31. The molecule has 1 rings (SSSR count). The zero-order valence-corrected chi connectivity index (χ0v) is 8.18. The lowest BCUT2D eigenvalue weighted by Gasteiger charge is -2.14.